The molecular formula is C22H22ClN3. The molecule has 0 radical (unpaired) electrons. The van der Waals surface area contributed by atoms with Gasteiger partial charge in [0, 0.05) is 23.4 Å². The minimum atomic E-state index is 0.674. The average molecular weight is 364 g/mol. The maximum Gasteiger partial charge on any atom is 0.139 e. The maximum absolute atomic E-state index is 6.04. The molecule has 0 saturated carbocycles. The van der Waals surface area contributed by atoms with Gasteiger partial charge in [0.15, 0.2) is 0 Å². The molecule has 0 amide bonds. The van der Waals surface area contributed by atoms with Gasteiger partial charge < -0.3 is 10.6 Å². The quantitative estimate of drug-likeness (QED) is 0.773. The van der Waals surface area contributed by atoms with Crippen molar-refractivity contribution in [2.45, 2.75) is 20.4 Å². The molecule has 0 fully saturated rings. The summed E-state index contributed by atoms with van der Waals surface area (Å²) < 4.78 is 0. The van der Waals surface area contributed by atoms with Crippen LogP contribution in [0.3, 0.4) is 0 Å². The summed E-state index contributed by atoms with van der Waals surface area (Å²) in [4.78, 5) is 4.48. The van der Waals surface area contributed by atoms with E-state index in [0.29, 0.717) is 6.54 Å². The predicted molar refractivity (Wildman–Crippen MR) is 111 cm³/mol. The van der Waals surface area contributed by atoms with Crippen LogP contribution in [0.1, 0.15) is 22.3 Å². The Bertz CT molecular complexity index is 923. The zero-order valence-corrected chi connectivity index (χ0v) is 15.8. The van der Waals surface area contributed by atoms with E-state index in [1.807, 2.05) is 36.4 Å². The van der Waals surface area contributed by atoms with Gasteiger partial charge in [-0.2, -0.15) is 0 Å². The Hall–Kier alpha value is -2.78. The summed E-state index contributed by atoms with van der Waals surface area (Å²) in [6.07, 6.45) is 5.54. The summed E-state index contributed by atoms with van der Waals surface area (Å²) in [7, 11) is 0. The zero-order valence-electron chi connectivity index (χ0n) is 15.0. The van der Waals surface area contributed by atoms with Crippen LogP contribution in [-0.4, -0.2) is 6.21 Å². The lowest BCUT2D eigenvalue weighted by Crippen LogP contribution is -2.28. The summed E-state index contributed by atoms with van der Waals surface area (Å²) in [5.74, 6) is 1.66. The van der Waals surface area contributed by atoms with E-state index in [-0.39, 0.29) is 0 Å². The van der Waals surface area contributed by atoms with Crippen LogP contribution >= 0.6 is 11.6 Å². The summed E-state index contributed by atoms with van der Waals surface area (Å²) in [5.41, 5.74) is 5.70. The highest BCUT2D eigenvalue weighted by atomic mass is 35.5. The number of allylic oxidation sites excluding steroid dienone is 3. The first-order valence-electron chi connectivity index (χ1n) is 8.51. The van der Waals surface area contributed by atoms with Crippen LogP contribution in [0.25, 0.3) is 5.57 Å². The summed E-state index contributed by atoms with van der Waals surface area (Å²) >= 11 is 6.04. The van der Waals surface area contributed by atoms with Gasteiger partial charge in [-0.05, 0) is 54.3 Å². The molecule has 0 bridgehead atoms. The third kappa shape index (κ3) is 4.24. The van der Waals surface area contributed by atoms with Crippen molar-refractivity contribution in [3.05, 3.63) is 100 Å². The Kier molecular flexibility index (Phi) is 5.59. The van der Waals surface area contributed by atoms with Crippen LogP contribution in [0.15, 0.2) is 77.8 Å². The van der Waals surface area contributed by atoms with Crippen LogP contribution in [0.5, 0.6) is 0 Å². The number of nitrogens with zero attached hydrogens (tertiary/aromatic N) is 1. The second-order valence-electron chi connectivity index (χ2n) is 6.23. The first-order chi connectivity index (χ1) is 12.6. The van der Waals surface area contributed by atoms with Crippen molar-refractivity contribution in [1.82, 2.24) is 10.6 Å². The Morgan fingerprint density at radius 3 is 2.77 bits per heavy atom. The monoisotopic (exact) mass is 363 g/mol. The van der Waals surface area contributed by atoms with Crippen molar-refractivity contribution in [2.75, 3.05) is 0 Å². The minimum absolute atomic E-state index is 0.674. The van der Waals surface area contributed by atoms with Gasteiger partial charge in [0.25, 0.3) is 0 Å². The van der Waals surface area contributed by atoms with Gasteiger partial charge in [-0.3, -0.25) is 0 Å². The molecular weight excluding hydrogens is 342 g/mol. The van der Waals surface area contributed by atoms with Gasteiger partial charge >= 0.3 is 0 Å². The van der Waals surface area contributed by atoms with Crippen LogP contribution in [0, 0.1) is 13.8 Å². The van der Waals surface area contributed by atoms with Gasteiger partial charge in [0.2, 0.25) is 0 Å². The standard InChI is InChI=1S/C22H22ClN3/c1-4-20(18-9-8-15(2)16(3)12-18)22-24-11-10-21(26-22)25-14-17-6-5-7-19(23)13-17/h4-13,25-26H,1,14H2,2-3H3/b22-20+. The fraction of sp³-hybridized carbons (Fsp3) is 0.136. The van der Waals surface area contributed by atoms with Crippen LogP contribution in [-0.2, 0) is 6.54 Å². The highest BCUT2D eigenvalue weighted by molar-refractivity contribution is 6.30. The number of nitrogens with one attached hydrogen (secondary N) is 2. The molecule has 0 spiro atoms. The molecule has 2 aromatic rings. The highest BCUT2D eigenvalue weighted by Crippen LogP contribution is 2.23. The largest absolute Gasteiger partial charge is 0.367 e. The normalized spacial score (nSPS) is 15.1. The zero-order chi connectivity index (χ0) is 18.5. The molecule has 0 aromatic heterocycles. The van der Waals surface area contributed by atoms with Crippen molar-refractivity contribution in [2.24, 2.45) is 4.99 Å². The lowest BCUT2D eigenvalue weighted by molar-refractivity contribution is 0.731. The summed E-state index contributed by atoms with van der Waals surface area (Å²) in [6.45, 7) is 8.86. The third-order valence-corrected chi connectivity index (χ3v) is 4.58. The average Bonchev–Trinajstić information content (AvgIpc) is 2.64. The fourth-order valence-corrected chi connectivity index (χ4v) is 2.95. The molecule has 2 aromatic carbocycles. The van der Waals surface area contributed by atoms with E-state index >= 15 is 0 Å². The number of hydrogen-bond donors (Lipinski definition) is 2. The van der Waals surface area contributed by atoms with Gasteiger partial charge in [-0.15, -0.1) is 0 Å². The molecule has 26 heavy (non-hydrogen) atoms. The highest BCUT2D eigenvalue weighted by Gasteiger charge is 2.11. The molecule has 3 rings (SSSR count). The van der Waals surface area contributed by atoms with E-state index in [1.165, 1.54) is 11.1 Å². The Morgan fingerprint density at radius 1 is 1.19 bits per heavy atom. The smallest absolute Gasteiger partial charge is 0.139 e. The topological polar surface area (TPSA) is 36.4 Å². The lowest BCUT2D eigenvalue weighted by Gasteiger charge is -2.19. The van der Waals surface area contributed by atoms with E-state index in [2.05, 4.69) is 54.3 Å². The molecule has 0 saturated heterocycles. The van der Waals surface area contributed by atoms with Crippen molar-refractivity contribution < 1.29 is 0 Å². The lowest BCUT2D eigenvalue weighted by atomic mass is 10.0. The van der Waals surface area contributed by atoms with Gasteiger partial charge in [-0.1, -0.05) is 54.6 Å². The van der Waals surface area contributed by atoms with Gasteiger partial charge in [0.1, 0.15) is 11.6 Å². The molecule has 2 N–H and O–H groups in total. The minimum Gasteiger partial charge on any atom is -0.367 e. The molecule has 3 nitrogen and oxygen atoms in total. The van der Waals surface area contributed by atoms with E-state index < -0.39 is 0 Å². The molecule has 1 aliphatic heterocycles. The Balaban J connectivity index is 1.78. The molecule has 1 heterocycles. The Morgan fingerprint density at radius 2 is 2.04 bits per heavy atom. The van der Waals surface area contributed by atoms with Crippen molar-refractivity contribution in [3.63, 3.8) is 0 Å². The van der Waals surface area contributed by atoms with Gasteiger partial charge in [0.05, 0.1) is 0 Å². The number of aryl methyl sites for hydroxylation is 2. The number of benzene rings is 2. The first kappa shape index (κ1) is 18.0. The fourth-order valence-electron chi connectivity index (χ4n) is 2.73. The molecule has 0 aliphatic carbocycles. The second kappa shape index (κ2) is 8.07. The molecule has 0 unspecified atom stereocenters. The number of aliphatic imine (C=N–C) groups is 1. The van der Waals surface area contributed by atoms with Crippen LogP contribution in [0.2, 0.25) is 5.02 Å². The van der Waals surface area contributed by atoms with Crippen LogP contribution < -0.4 is 10.6 Å². The van der Waals surface area contributed by atoms with Gasteiger partial charge in [-0.25, -0.2) is 4.99 Å². The molecule has 1 aliphatic rings. The van der Waals surface area contributed by atoms with E-state index in [9.17, 15) is 0 Å². The molecule has 0 atom stereocenters. The van der Waals surface area contributed by atoms with Crippen molar-refractivity contribution >= 4 is 23.4 Å². The van der Waals surface area contributed by atoms with Crippen molar-refractivity contribution in [1.29, 1.82) is 0 Å². The molecule has 4 heteroatoms. The summed E-state index contributed by atoms with van der Waals surface area (Å²) in [6, 6.07) is 14.2. The predicted octanol–water partition coefficient (Wildman–Crippen LogP) is 5.12. The number of halogens is 1. The van der Waals surface area contributed by atoms with E-state index in [4.69, 9.17) is 11.6 Å². The SMILES string of the molecule is C=C/C(=C1/N=CC=C(NCc2cccc(Cl)c2)N1)c1ccc(C)c(C)c1. The number of hydrogen-bond acceptors (Lipinski definition) is 3. The third-order valence-electron chi connectivity index (χ3n) is 4.35. The van der Waals surface area contributed by atoms with E-state index in [0.717, 1.165) is 33.4 Å². The summed E-state index contributed by atoms with van der Waals surface area (Å²) in [5, 5.41) is 7.46. The van der Waals surface area contributed by atoms with Crippen LogP contribution in [0.4, 0.5) is 0 Å². The maximum atomic E-state index is 6.04. The van der Waals surface area contributed by atoms with E-state index in [1.54, 1.807) is 6.21 Å². The Labute approximate surface area is 159 Å². The number of rotatable bonds is 5. The second-order valence-corrected chi connectivity index (χ2v) is 6.67. The first-order valence-corrected chi connectivity index (χ1v) is 8.88. The van der Waals surface area contributed by atoms with Crippen molar-refractivity contribution in [3.8, 4) is 0 Å². The molecule has 132 valence electrons.